The molecule has 0 amide bonds. The fraction of sp³-hybridized carbons (Fsp3) is 0.263. The van der Waals surface area contributed by atoms with E-state index in [9.17, 15) is 0 Å². The molecule has 6 heteroatoms. The first-order chi connectivity index (χ1) is 12.1. The number of hydrogen-bond acceptors (Lipinski definition) is 6. The second-order valence-electron chi connectivity index (χ2n) is 6.09. The van der Waals surface area contributed by atoms with Crippen molar-refractivity contribution in [1.82, 2.24) is 20.2 Å². The zero-order chi connectivity index (χ0) is 17.6. The first-order valence-corrected chi connectivity index (χ1v) is 8.26. The Kier molecular flexibility index (Phi) is 5.18. The summed E-state index contributed by atoms with van der Waals surface area (Å²) >= 11 is 0. The summed E-state index contributed by atoms with van der Waals surface area (Å²) < 4.78 is 0. The summed E-state index contributed by atoms with van der Waals surface area (Å²) in [5.74, 6) is 1.28. The fourth-order valence-electron chi connectivity index (χ4n) is 2.44. The van der Waals surface area contributed by atoms with Gasteiger partial charge >= 0.3 is 0 Å². The molecule has 2 aromatic heterocycles. The van der Waals surface area contributed by atoms with Gasteiger partial charge in [-0.2, -0.15) is 10.1 Å². The van der Waals surface area contributed by atoms with E-state index < -0.39 is 0 Å². The maximum Gasteiger partial charge on any atom is 0.249 e. The summed E-state index contributed by atoms with van der Waals surface area (Å²) in [6.45, 7) is 5.02. The highest BCUT2D eigenvalue weighted by Gasteiger charge is 2.07. The molecule has 3 rings (SSSR count). The highest BCUT2D eigenvalue weighted by Crippen LogP contribution is 2.18. The van der Waals surface area contributed by atoms with Crippen LogP contribution in [0.2, 0.25) is 0 Å². The van der Waals surface area contributed by atoms with Crippen molar-refractivity contribution in [2.75, 3.05) is 23.8 Å². The first-order valence-electron chi connectivity index (χ1n) is 8.26. The largest absolute Gasteiger partial charge is 0.358 e. The lowest BCUT2D eigenvalue weighted by Gasteiger charge is -2.18. The maximum atomic E-state index is 4.56. The molecule has 128 valence electrons. The van der Waals surface area contributed by atoms with Gasteiger partial charge in [-0.1, -0.05) is 6.07 Å². The van der Waals surface area contributed by atoms with Crippen LogP contribution in [0.4, 0.5) is 17.5 Å². The lowest BCUT2D eigenvalue weighted by molar-refractivity contribution is 0.840. The number of aryl methyl sites for hydroxylation is 2. The molecule has 0 atom stereocenters. The minimum atomic E-state index is 0.497. The smallest absolute Gasteiger partial charge is 0.249 e. The molecular weight excluding hydrogens is 312 g/mol. The van der Waals surface area contributed by atoms with E-state index in [0.29, 0.717) is 5.95 Å². The third-order valence-corrected chi connectivity index (χ3v) is 4.19. The van der Waals surface area contributed by atoms with E-state index in [0.717, 1.165) is 24.5 Å². The number of aromatic nitrogens is 4. The van der Waals surface area contributed by atoms with E-state index in [2.05, 4.69) is 56.4 Å². The van der Waals surface area contributed by atoms with Gasteiger partial charge in [-0.05, 0) is 61.2 Å². The van der Waals surface area contributed by atoms with Crippen LogP contribution in [0.3, 0.4) is 0 Å². The zero-order valence-corrected chi connectivity index (χ0v) is 14.8. The van der Waals surface area contributed by atoms with Crippen LogP contribution in [-0.4, -0.2) is 33.8 Å². The molecular formula is C19H22N6. The number of pyridine rings is 1. The van der Waals surface area contributed by atoms with E-state index >= 15 is 0 Å². The lowest BCUT2D eigenvalue weighted by Crippen LogP contribution is -2.22. The first kappa shape index (κ1) is 16.8. The number of nitrogens with zero attached hydrogens (tertiary/aromatic N) is 5. The van der Waals surface area contributed by atoms with E-state index in [-0.39, 0.29) is 0 Å². The number of hydrogen-bond donors (Lipinski definition) is 1. The van der Waals surface area contributed by atoms with Gasteiger partial charge in [0.1, 0.15) is 0 Å². The van der Waals surface area contributed by atoms with Crippen LogP contribution in [0, 0.1) is 13.8 Å². The number of anilines is 3. The average Bonchev–Trinajstić information content (AvgIpc) is 2.64. The third kappa shape index (κ3) is 4.50. The SMILES string of the molecule is Cc1ccc(Nc2nncc(N(C)CCc3ccncc3)n2)cc1C. The molecule has 3 aromatic rings. The van der Waals surface area contributed by atoms with Crippen LogP contribution >= 0.6 is 0 Å². The Balaban J connectivity index is 1.66. The summed E-state index contributed by atoms with van der Waals surface area (Å²) in [7, 11) is 2.00. The van der Waals surface area contributed by atoms with Gasteiger partial charge in [-0.3, -0.25) is 4.98 Å². The van der Waals surface area contributed by atoms with Crippen molar-refractivity contribution in [3.05, 3.63) is 65.6 Å². The van der Waals surface area contributed by atoms with Gasteiger partial charge in [0, 0.05) is 31.7 Å². The molecule has 1 N–H and O–H groups in total. The summed E-state index contributed by atoms with van der Waals surface area (Å²) in [5.41, 5.74) is 4.69. The second kappa shape index (κ2) is 7.70. The van der Waals surface area contributed by atoms with E-state index in [4.69, 9.17) is 0 Å². The summed E-state index contributed by atoms with van der Waals surface area (Å²) in [5, 5.41) is 11.4. The van der Waals surface area contributed by atoms with Crippen molar-refractivity contribution in [2.24, 2.45) is 0 Å². The van der Waals surface area contributed by atoms with E-state index in [1.165, 1.54) is 16.7 Å². The molecule has 0 unspecified atom stereocenters. The van der Waals surface area contributed by atoms with Crippen molar-refractivity contribution in [3.8, 4) is 0 Å². The molecule has 0 radical (unpaired) electrons. The van der Waals surface area contributed by atoms with Crippen molar-refractivity contribution in [3.63, 3.8) is 0 Å². The zero-order valence-electron chi connectivity index (χ0n) is 14.8. The van der Waals surface area contributed by atoms with Crippen LogP contribution in [0.25, 0.3) is 0 Å². The molecule has 0 aliphatic rings. The molecule has 0 spiro atoms. The Morgan fingerprint density at radius 3 is 2.60 bits per heavy atom. The third-order valence-electron chi connectivity index (χ3n) is 4.19. The predicted octanol–water partition coefficient (Wildman–Crippen LogP) is 3.31. The van der Waals surface area contributed by atoms with Crippen LogP contribution in [0.1, 0.15) is 16.7 Å². The lowest BCUT2D eigenvalue weighted by atomic mass is 10.1. The van der Waals surface area contributed by atoms with Crippen LogP contribution < -0.4 is 10.2 Å². The Morgan fingerprint density at radius 2 is 1.84 bits per heavy atom. The van der Waals surface area contributed by atoms with Gasteiger partial charge in [0.05, 0.1) is 6.20 Å². The van der Waals surface area contributed by atoms with Crippen LogP contribution in [0.5, 0.6) is 0 Å². The van der Waals surface area contributed by atoms with E-state index in [1.54, 1.807) is 6.20 Å². The topological polar surface area (TPSA) is 66.8 Å². The summed E-state index contributed by atoms with van der Waals surface area (Å²) in [4.78, 5) is 10.7. The normalized spacial score (nSPS) is 10.5. The predicted molar refractivity (Wildman–Crippen MR) is 100 cm³/mol. The molecule has 0 fully saturated rings. The summed E-state index contributed by atoms with van der Waals surface area (Å²) in [6.07, 6.45) is 6.22. The van der Waals surface area contributed by atoms with Gasteiger partial charge < -0.3 is 10.2 Å². The monoisotopic (exact) mass is 334 g/mol. The van der Waals surface area contributed by atoms with Gasteiger partial charge in [0.15, 0.2) is 5.82 Å². The van der Waals surface area contributed by atoms with Gasteiger partial charge in [-0.15, -0.1) is 5.10 Å². The minimum absolute atomic E-state index is 0.497. The van der Waals surface area contributed by atoms with Gasteiger partial charge in [-0.25, -0.2) is 0 Å². The highest BCUT2D eigenvalue weighted by molar-refractivity contribution is 5.56. The Labute approximate surface area is 148 Å². The summed E-state index contributed by atoms with van der Waals surface area (Å²) in [6, 6.07) is 10.2. The van der Waals surface area contributed by atoms with Crippen molar-refractivity contribution in [1.29, 1.82) is 0 Å². The number of rotatable bonds is 6. The molecule has 2 heterocycles. The molecule has 0 saturated carbocycles. The highest BCUT2D eigenvalue weighted by atomic mass is 15.3. The number of benzene rings is 1. The van der Waals surface area contributed by atoms with Crippen molar-refractivity contribution < 1.29 is 0 Å². The fourth-order valence-corrected chi connectivity index (χ4v) is 2.44. The van der Waals surface area contributed by atoms with E-state index in [1.807, 2.05) is 37.6 Å². The van der Waals surface area contributed by atoms with Crippen molar-refractivity contribution >= 4 is 17.5 Å². The standard InChI is InChI=1S/C19H22N6/c1-14-4-5-17(12-15(14)2)22-19-23-18(13-21-24-19)25(3)11-8-16-6-9-20-10-7-16/h4-7,9-10,12-13H,8,11H2,1-3H3,(H,22,23,24). The molecule has 25 heavy (non-hydrogen) atoms. The molecule has 0 saturated heterocycles. The molecule has 0 aliphatic heterocycles. The second-order valence-corrected chi connectivity index (χ2v) is 6.09. The molecule has 1 aromatic carbocycles. The Morgan fingerprint density at radius 1 is 1.04 bits per heavy atom. The average molecular weight is 334 g/mol. The van der Waals surface area contributed by atoms with Gasteiger partial charge in [0.25, 0.3) is 0 Å². The molecule has 0 bridgehead atoms. The molecule has 6 nitrogen and oxygen atoms in total. The maximum absolute atomic E-state index is 4.56. The van der Waals surface area contributed by atoms with Crippen LogP contribution in [-0.2, 0) is 6.42 Å². The minimum Gasteiger partial charge on any atom is -0.358 e. The van der Waals surface area contributed by atoms with Crippen molar-refractivity contribution in [2.45, 2.75) is 20.3 Å². The number of likely N-dealkylation sites (N-methyl/N-ethyl adjacent to an activating group) is 1. The molecule has 0 aliphatic carbocycles. The number of nitrogens with one attached hydrogen (secondary N) is 1. The van der Waals surface area contributed by atoms with Gasteiger partial charge in [0.2, 0.25) is 5.95 Å². The van der Waals surface area contributed by atoms with Crippen LogP contribution in [0.15, 0.2) is 48.9 Å². The Bertz CT molecular complexity index is 834. The Hall–Kier alpha value is -3.02. The quantitative estimate of drug-likeness (QED) is 0.746.